The summed E-state index contributed by atoms with van der Waals surface area (Å²) in [4.78, 5) is 17.8. The first kappa shape index (κ1) is 29.5. The Morgan fingerprint density at radius 2 is 1.84 bits per heavy atom. The highest BCUT2D eigenvalue weighted by Gasteiger charge is 2.32. The third-order valence-corrected chi connectivity index (χ3v) is 10.2. The van der Waals surface area contributed by atoms with Gasteiger partial charge in [-0.25, -0.2) is 17.2 Å². The van der Waals surface area contributed by atoms with Crippen molar-refractivity contribution < 1.29 is 22.0 Å². The Labute approximate surface area is 249 Å². The summed E-state index contributed by atoms with van der Waals surface area (Å²) in [5, 5.41) is 17.0. The molecule has 4 N–H and O–H groups in total. The van der Waals surface area contributed by atoms with Gasteiger partial charge in [0.25, 0.3) is 5.91 Å². The zero-order valence-corrected chi connectivity index (χ0v) is 24.8. The molecule has 230 valence electrons. The van der Waals surface area contributed by atoms with E-state index in [1.165, 1.54) is 0 Å². The predicted octanol–water partition coefficient (Wildman–Crippen LogP) is 2.60. The first-order valence-corrected chi connectivity index (χ1v) is 16.0. The summed E-state index contributed by atoms with van der Waals surface area (Å²) in [6.45, 7) is 5.36. The molecule has 3 aliphatic heterocycles. The second-order valence-electron chi connectivity index (χ2n) is 11.4. The number of halogens is 2. The second kappa shape index (κ2) is 12.2. The lowest BCUT2D eigenvalue weighted by Crippen LogP contribution is -2.44. The minimum absolute atomic E-state index is 0.0973. The Hall–Kier alpha value is -3.59. The number of piperazine rings is 1. The van der Waals surface area contributed by atoms with Gasteiger partial charge in [-0.3, -0.25) is 9.89 Å². The molecule has 14 heteroatoms. The molecule has 11 nitrogen and oxygen atoms in total. The van der Waals surface area contributed by atoms with E-state index in [0.717, 1.165) is 67.7 Å². The lowest BCUT2D eigenvalue weighted by atomic mass is 10.1. The molecule has 3 aliphatic rings. The minimum atomic E-state index is -4.19. The van der Waals surface area contributed by atoms with Crippen LogP contribution in [0, 0.1) is 11.6 Å². The van der Waals surface area contributed by atoms with E-state index in [1.54, 1.807) is 0 Å². The zero-order chi connectivity index (χ0) is 30.1. The lowest BCUT2D eigenvalue weighted by molar-refractivity contribution is 0.102. The van der Waals surface area contributed by atoms with E-state index in [0.29, 0.717) is 47.6 Å². The van der Waals surface area contributed by atoms with Gasteiger partial charge in [-0.15, -0.1) is 0 Å². The number of likely N-dealkylation sites (N-methyl/N-ethyl adjacent to an activating group) is 1. The van der Waals surface area contributed by atoms with Gasteiger partial charge in [0.15, 0.2) is 5.82 Å². The third-order valence-electron chi connectivity index (χ3n) is 8.42. The maximum Gasteiger partial charge on any atom is 0.258 e. The number of anilines is 3. The van der Waals surface area contributed by atoms with Crippen molar-refractivity contribution in [2.75, 3.05) is 68.4 Å². The first-order valence-electron chi connectivity index (χ1n) is 14.6. The van der Waals surface area contributed by atoms with E-state index in [2.05, 4.69) is 43.0 Å². The van der Waals surface area contributed by atoms with Crippen LogP contribution in [0.15, 0.2) is 41.3 Å². The van der Waals surface area contributed by atoms with Crippen LogP contribution < -0.4 is 20.9 Å². The molecular formula is C29H36F2N8O3S. The highest BCUT2D eigenvalue weighted by molar-refractivity contribution is 7.89. The molecule has 0 saturated carbocycles. The Morgan fingerprint density at radius 3 is 2.56 bits per heavy atom. The summed E-state index contributed by atoms with van der Waals surface area (Å²) in [7, 11) is -2.08. The highest BCUT2D eigenvalue weighted by atomic mass is 32.2. The number of hydrogen-bond donors (Lipinski definition) is 4. The summed E-state index contributed by atoms with van der Waals surface area (Å²) < 4.78 is 55.2. The number of benzene rings is 2. The van der Waals surface area contributed by atoms with Crippen molar-refractivity contribution in [2.24, 2.45) is 0 Å². The molecule has 0 spiro atoms. The van der Waals surface area contributed by atoms with E-state index >= 15 is 0 Å². The smallest absolute Gasteiger partial charge is 0.258 e. The number of H-pyrrole nitrogens is 1. The van der Waals surface area contributed by atoms with Gasteiger partial charge < -0.3 is 25.8 Å². The number of aromatic nitrogens is 2. The summed E-state index contributed by atoms with van der Waals surface area (Å²) in [6.07, 6.45) is 2.48. The Morgan fingerprint density at radius 1 is 1.07 bits per heavy atom. The van der Waals surface area contributed by atoms with Crippen molar-refractivity contribution >= 4 is 33.1 Å². The van der Waals surface area contributed by atoms with E-state index < -0.39 is 26.6 Å². The fourth-order valence-electron chi connectivity index (χ4n) is 5.88. The van der Waals surface area contributed by atoms with E-state index in [-0.39, 0.29) is 24.8 Å². The molecular weight excluding hydrogens is 578 g/mol. The zero-order valence-electron chi connectivity index (χ0n) is 24.0. The Kier molecular flexibility index (Phi) is 8.36. The monoisotopic (exact) mass is 614 g/mol. The van der Waals surface area contributed by atoms with Crippen LogP contribution in [0.1, 0.15) is 34.5 Å². The molecule has 0 radical (unpaired) electrons. The van der Waals surface area contributed by atoms with Crippen LogP contribution in [0.3, 0.4) is 0 Å². The van der Waals surface area contributed by atoms with Crippen molar-refractivity contribution in [3.05, 3.63) is 64.9 Å². The number of amides is 1. The van der Waals surface area contributed by atoms with Gasteiger partial charge in [0, 0.05) is 87.0 Å². The van der Waals surface area contributed by atoms with Crippen LogP contribution in [0.5, 0.6) is 0 Å². The molecule has 1 amide bonds. The summed E-state index contributed by atoms with van der Waals surface area (Å²) in [5.74, 6) is -2.11. The maximum absolute atomic E-state index is 13.8. The topological polar surface area (TPSA) is 126 Å². The van der Waals surface area contributed by atoms with Gasteiger partial charge >= 0.3 is 0 Å². The normalized spacial score (nSPS) is 19.8. The Bertz CT molecular complexity index is 1580. The summed E-state index contributed by atoms with van der Waals surface area (Å²) in [5.41, 5.74) is 3.41. The number of sulfonamides is 1. The number of fused-ring (bicyclic) bond motifs is 1. The number of nitrogens with one attached hydrogen (secondary N) is 4. The van der Waals surface area contributed by atoms with Crippen LogP contribution in [0.4, 0.5) is 26.0 Å². The van der Waals surface area contributed by atoms with Crippen LogP contribution in [-0.2, 0) is 23.0 Å². The molecule has 0 aliphatic carbocycles. The van der Waals surface area contributed by atoms with Gasteiger partial charge in [0.05, 0.1) is 10.5 Å². The predicted molar refractivity (Wildman–Crippen MR) is 160 cm³/mol. The van der Waals surface area contributed by atoms with Gasteiger partial charge in [-0.05, 0) is 56.8 Å². The minimum Gasteiger partial charge on any atom is -0.383 e. The number of aromatic amines is 1. The third kappa shape index (κ3) is 6.37. The quantitative estimate of drug-likeness (QED) is 0.305. The van der Waals surface area contributed by atoms with E-state index in [4.69, 9.17) is 0 Å². The largest absolute Gasteiger partial charge is 0.383 e. The first-order chi connectivity index (χ1) is 20.7. The number of nitrogens with zero attached hydrogens (tertiary/aromatic N) is 4. The van der Waals surface area contributed by atoms with Crippen molar-refractivity contribution in [1.29, 1.82) is 0 Å². The summed E-state index contributed by atoms with van der Waals surface area (Å²) >= 11 is 0. The van der Waals surface area contributed by atoms with Crippen molar-refractivity contribution in [3.8, 4) is 0 Å². The SMILES string of the molecule is CN1CCN(c2ccc(C(=O)Nc3n[nH]c4c3CN(S(=O)(=O)c3cc(F)cc(F)c3)CC4)c(NCC3CCCN3)c2)CC1. The van der Waals surface area contributed by atoms with Crippen LogP contribution in [-0.4, -0.2) is 92.6 Å². The van der Waals surface area contributed by atoms with Crippen molar-refractivity contribution in [2.45, 2.75) is 36.7 Å². The average molecular weight is 615 g/mol. The molecule has 43 heavy (non-hydrogen) atoms. The lowest BCUT2D eigenvalue weighted by Gasteiger charge is -2.34. The van der Waals surface area contributed by atoms with Crippen LogP contribution in [0.25, 0.3) is 0 Å². The van der Waals surface area contributed by atoms with E-state index in [9.17, 15) is 22.0 Å². The average Bonchev–Trinajstić information content (AvgIpc) is 3.66. The number of rotatable bonds is 8. The molecule has 1 aromatic heterocycles. The van der Waals surface area contributed by atoms with Gasteiger partial charge in [-0.2, -0.15) is 9.40 Å². The molecule has 1 atom stereocenters. The molecule has 2 aromatic carbocycles. The highest BCUT2D eigenvalue weighted by Crippen LogP contribution is 2.31. The van der Waals surface area contributed by atoms with E-state index in [1.807, 2.05) is 18.2 Å². The van der Waals surface area contributed by atoms with Gasteiger partial charge in [0.1, 0.15) is 11.6 Å². The second-order valence-corrected chi connectivity index (χ2v) is 13.3. The molecule has 0 bridgehead atoms. The van der Waals surface area contributed by atoms with Gasteiger partial charge in [-0.1, -0.05) is 0 Å². The molecule has 1 unspecified atom stereocenters. The number of carbonyl (C=O) groups excluding carboxylic acids is 1. The molecule has 4 heterocycles. The van der Waals surface area contributed by atoms with Crippen molar-refractivity contribution in [1.82, 2.24) is 24.7 Å². The fourth-order valence-corrected chi connectivity index (χ4v) is 7.33. The summed E-state index contributed by atoms with van der Waals surface area (Å²) in [6, 6.07) is 8.32. The Balaban J connectivity index is 1.22. The standard InChI is InChI=1S/C29H36F2N8O3S/c1-37-9-11-38(12-10-37)22-4-5-24(27(16-22)33-17-21-3-2-7-32-21)29(40)34-28-25-18-39(8-6-26(25)35-36-28)43(41,42)23-14-19(30)13-20(31)15-23/h4-5,13-16,21,32-33H,2-3,6-12,17-18H2,1H3,(H2,34,35,36,40). The van der Waals surface area contributed by atoms with Crippen LogP contribution >= 0.6 is 0 Å². The van der Waals surface area contributed by atoms with Crippen molar-refractivity contribution in [3.63, 3.8) is 0 Å². The molecule has 2 fully saturated rings. The fraction of sp³-hybridized carbons (Fsp3) is 0.448. The molecule has 2 saturated heterocycles. The van der Waals surface area contributed by atoms with Gasteiger partial charge in [0.2, 0.25) is 10.0 Å². The number of hydrogen-bond acceptors (Lipinski definition) is 8. The molecule has 3 aromatic rings. The van der Waals surface area contributed by atoms with Crippen LogP contribution in [0.2, 0.25) is 0 Å². The maximum atomic E-state index is 13.8. The molecule has 6 rings (SSSR count). The number of carbonyl (C=O) groups is 1.